The maximum Gasteiger partial charge on any atom is 0.253 e. The summed E-state index contributed by atoms with van der Waals surface area (Å²) in [5.41, 5.74) is 19.9. The van der Waals surface area contributed by atoms with Gasteiger partial charge in [0.2, 0.25) is 0 Å². The Bertz CT molecular complexity index is 2850. The Hall–Kier alpha value is -5.54. The zero-order chi connectivity index (χ0) is 57.3. The van der Waals surface area contributed by atoms with Gasteiger partial charge >= 0.3 is 0 Å². The Labute approximate surface area is 520 Å². The van der Waals surface area contributed by atoms with Crippen molar-refractivity contribution >= 4 is 0 Å². The molecule has 2 atom stereocenters. The van der Waals surface area contributed by atoms with E-state index in [9.17, 15) is 0 Å². The van der Waals surface area contributed by atoms with Gasteiger partial charge in [-0.25, -0.2) is 0 Å². The summed E-state index contributed by atoms with van der Waals surface area (Å²) in [4.78, 5) is 0. The first-order valence-corrected chi connectivity index (χ1v) is 29.5. The van der Waals surface area contributed by atoms with Gasteiger partial charge in [0.1, 0.15) is 11.5 Å². The Morgan fingerprint density at radius 2 is 0.617 bits per heavy atom. The van der Waals surface area contributed by atoms with Gasteiger partial charge in [0.25, 0.3) is 5.79 Å². The summed E-state index contributed by atoms with van der Waals surface area (Å²) in [5.74, 6) is 1.61. The van der Waals surface area contributed by atoms with Crippen LogP contribution in [-0.4, -0.2) is 5.79 Å². The molecule has 0 saturated carbocycles. The summed E-state index contributed by atoms with van der Waals surface area (Å²) in [6.45, 7) is 38.6. The van der Waals surface area contributed by atoms with Crippen molar-refractivity contribution in [2.75, 3.05) is 0 Å². The monoisotopic (exact) mass is 1160 g/mol. The summed E-state index contributed by atoms with van der Waals surface area (Å²) in [5, 5.41) is 0. The van der Waals surface area contributed by atoms with Crippen molar-refractivity contribution in [3.8, 4) is 11.5 Å². The molecule has 81 heavy (non-hydrogen) atoms. The minimum atomic E-state index is -0.720. The van der Waals surface area contributed by atoms with Gasteiger partial charge in [0, 0.05) is 73.9 Å². The molecule has 2 aliphatic heterocycles. The summed E-state index contributed by atoms with van der Waals surface area (Å²) in [7, 11) is 0. The number of ether oxygens (including phenoxy) is 2. The van der Waals surface area contributed by atoms with Gasteiger partial charge in [-0.3, -0.25) is 0 Å². The molecule has 3 heteroatoms. The Kier molecular flexibility index (Phi) is 29.1. The summed E-state index contributed by atoms with van der Waals surface area (Å²) >= 11 is 0. The first-order valence-electron chi connectivity index (χ1n) is 29.5. The maximum absolute atomic E-state index is 6.82. The molecule has 431 valence electrons. The van der Waals surface area contributed by atoms with E-state index < -0.39 is 5.79 Å². The van der Waals surface area contributed by atoms with Crippen molar-refractivity contribution in [3.63, 3.8) is 0 Å². The van der Waals surface area contributed by atoms with Gasteiger partial charge < -0.3 is 24.3 Å². The second kappa shape index (κ2) is 32.9. The SMILES string of the molecule is CC.CC.CC.CC.Cc1ccc2c(c1)C1(CC2(C)C)CC(C)(C)c2ccc(C)cc21.Cc1ccc2c(c1)OC1(CC2c2ccccc2)CC(c2ccccc2)c2ccc(C)cc2O1.Cc1ccccc1.Cc1ccccc1.[CH3-].[CH3-].[Y]. The van der Waals surface area contributed by atoms with Crippen LogP contribution in [0.1, 0.15) is 198 Å². The number of benzene rings is 8. The van der Waals surface area contributed by atoms with Crippen LogP contribution in [0.3, 0.4) is 0 Å². The van der Waals surface area contributed by atoms with E-state index in [2.05, 4.69) is 227 Å². The largest absolute Gasteiger partial charge is 0.452 e. The normalized spacial score (nSPS) is 17.6. The van der Waals surface area contributed by atoms with Crippen LogP contribution in [0, 0.1) is 56.4 Å². The number of hydrogen-bond acceptors (Lipinski definition) is 2. The second-order valence-electron chi connectivity index (χ2n) is 22.1. The fourth-order valence-electron chi connectivity index (χ4n) is 12.2. The van der Waals surface area contributed by atoms with Gasteiger partial charge in [-0.2, -0.15) is 0 Å². The standard InChI is InChI=1S/C31H28O2.C23H28.2C7H8.4C2H6.2CH3.Y/c1-21-13-15-25-27(23-9-5-3-6-10-23)19-31(32-29(25)17-21)20-28(24-11-7-4-8-12-24)26-16-14-22(2)18-30(26)33-31;1-15-7-9-17-19(11-15)23(13-21(17,3)4)14-22(5,6)18-10-8-16(2)12-20(18)23;2*1-7-5-3-2-4-6-7;4*1-2;;;/h3-18,27-28H,19-20H2,1-2H3;7-12H,13-14H2,1-6H3;2*2-6H,1H3;4*1-2H3;2*1H3;/q;;;;;;;;2*-1;. The van der Waals surface area contributed by atoms with E-state index in [1.54, 1.807) is 22.3 Å². The molecular formula is C78H102O2Y-2. The first-order chi connectivity index (χ1) is 37.5. The summed E-state index contributed by atoms with van der Waals surface area (Å²) < 4.78 is 13.6. The van der Waals surface area contributed by atoms with Gasteiger partial charge in [-0.05, 0) is 122 Å². The molecule has 2 unspecified atom stereocenters. The fourth-order valence-corrected chi connectivity index (χ4v) is 12.2. The predicted octanol–water partition coefficient (Wildman–Crippen LogP) is 22.5. The molecule has 2 aliphatic carbocycles. The van der Waals surface area contributed by atoms with Gasteiger partial charge in [0.15, 0.2) is 0 Å². The number of hydrogen-bond donors (Lipinski definition) is 0. The third-order valence-corrected chi connectivity index (χ3v) is 15.3. The topological polar surface area (TPSA) is 18.5 Å². The molecule has 0 bridgehead atoms. The fraction of sp³-hybridized carbons (Fsp3) is 0.359. The van der Waals surface area contributed by atoms with Gasteiger partial charge in [0.05, 0.1) is 0 Å². The smallest absolute Gasteiger partial charge is 0.253 e. The van der Waals surface area contributed by atoms with Crippen LogP contribution in [0.2, 0.25) is 0 Å². The van der Waals surface area contributed by atoms with E-state index in [0.29, 0.717) is 0 Å². The van der Waals surface area contributed by atoms with Gasteiger partial charge in [-0.15, -0.1) is 0 Å². The minimum absolute atomic E-state index is 0. The van der Waals surface area contributed by atoms with Crippen LogP contribution in [-0.2, 0) is 49.0 Å². The van der Waals surface area contributed by atoms with Crippen LogP contribution in [0.25, 0.3) is 0 Å². The van der Waals surface area contributed by atoms with E-state index in [1.807, 2.05) is 91.8 Å². The van der Waals surface area contributed by atoms with Crippen molar-refractivity contribution in [1.82, 2.24) is 0 Å². The predicted molar refractivity (Wildman–Crippen MR) is 351 cm³/mol. The van der Waals surface area contributed by atoms with Crippen molar-refractivity contribution in [1.29, 1.82) is 0 Å². The maximum atomic E-state index is 6.82. The quantitative estimate of drug-likeness (QED) is 0.161. The van der Waals surface area contributed by atoms with Crippen LogP contribution < -0.4 is 9.47 Å². The van der Waals surface area contributed by atoms with E-state index in [4.69, 9.17) is 9.47 Å². The molecule has 2 nitrogen and oxygen atoms in total. The van der Waals surface area contributed by atoms with Crippen molar-refractivity contribution in [2.24, 2.45) is 0 Å². The third-order valence-electron chi connectivity index (χ3n) is 15.3. The van der Waals surface area contributed by atoms with Crippen molar-refractivity contribution < 1.29 is 42.2 Å². The molecule has 2 spiro atoms. The Morgan fingerprint density at radius 1 is 0.333 bits per heavy atom. The zero-order valence-corrected chi connectivity index (χ0v) is 56.7. The molecule has 2 heterocycles. The molecule has 8 aromatic rings. The molecule has 12 rings (SSSR count). The first kappa shape index (κ1) is 71.6. The van der Waals surface area contributed by atoms with Crippen LogP contribution in [0.4, 0.5) is 0 Å². The van der Waals surface area contributed by atoms with E-state index in [-0.39, 0.29) is 75.6 Å². The number of fused-ring (bicyclic) bond motifs is 6. The van der Waals surface area contributed by atoms with E-state index >= 15 is 0 Å². The third kappa shape index (κ3) is 17.3. The van der Waals surface area contributed by atoms with Crippen LogP contribution >= 0.6 is 0 Å². The minimum Gasteiger partial charge on any atom is -0.452 e. The number of rotatable bonds is 2. The average Bonchev–Trinajstić information content (AvgIpc) is 3.84. The molecule has 4 aliphatic rings. The van der Waals surface area contributed by atoms with Crippen molar-refractivity contribution in [2.45, 2.75) is 184 Å². The van der Waals surface area contributed by atoms with Crippen LogP contribution in [0.15, 0.2) is 194 Å². The molecule has 0 saturated heterocycles. The zero-order valence-electron chi connectivity index (χ0n) is 53.9. The van der Waals surface area contributed by atoms with Crippen LogP contribution in [0.5, 0.6) is 11.5 Å². The second-order valence-corrected chi connectivity index (χ2v) is 22.1. The Balaban J connectivity index is 0.000000404. The average molecular weight is 1160 g/mol. The van der Waals surface area contributed by atoms with E-state index in [0.717, 1.165) is 24.3 Å². The molecule has 0 N–H and O–H groups in total. The molecule has 8 aromatic carbocycles. The number of aryl methyl sites for hydroxylation is 6. The van der Waals surface area contributed by atoms with E-state index in [1.165, 1.54) is 68.5 Å². The molecule has 0 aromatic heterocycles. The summed E-state index contributed by atoms with van der Waals surface area (Å²) in [6, 6.07) is 69.5. The van der Waals surface area contributed by atoms with Crippen molar-refractivity contribution in [3.05, 3.63) is 287 Å². The molecule has 0 fully saturated rings. The van der Waals surface area contributed by atoms with Gasteiger partial charge in [-0.1, -0.05) is 287 Å². The molecular weight excluding hydrogens is 1060 g/mol. The summed E-state index contributed by atoms with van der Waals surface area (Å²) in [6.07, 6.45) is 4.03. The molecule has 1 radical (unpaired) electrons. The molecule has 0 amide bonds. The Morgan fingerprint density at radius 3 is 0.914 bits per heavy atom.